The summed E-state index contributed by atoms with van der Waals surface area (Å²) in [5, 5.41) is 2.15. The van der Waals surface area contributed by atoms with E-state index < -0.39 is 15.1 Å². The Morgan fingerprint density at radius 1 is 1.42 bits per heavy atom. The predicted octanol–water partition coefficient (Wildman–Crippen LogP) is 2.17. The fraction of sp³-hybridized carbons (Fsp3) is 0.500. The second-order valence-electron chi connectivity index (χ2n) is 4.34. The van der Waals surface area contributed by atoms with Gasteiger partial charge in [-0.25, -0.2) is 13.4 Å². The maximum absolute atomic E-state index is 12.0. The van der Waals surface area contributed by atoms with Crippen molar-refractivity contribution in [1.82, 2.24) is 10.3 Å². The Kier molecular flexibility index (Phi) is 5.49. The largest absolute Gasteiger partial charge is 0.351 e. The summed E-state index contributed by atoms with van der Waals surface area (Å²) < 4.78 is 24.2. The number of nitrogens with zero attached hydrogens (tertiary/aromatic N) is 1. The van der Waals surface area contributed by atoms with Crippen LogP contribution in [0.1, 0.15) is 37.7 Å². The molecule has 0 aliphatic heterocycles. The summed E-state index contributed by atoms with van der Waals surface area (Å²) in [4.78, 5) is 15.8. The van der Waals surface area contributed by atoms with Crippen molar-refractivity contribution in [3.8, 4) is 0 Å². The summed E-state index contributed by atoms with van der Waals surface area (Å²) in [6.45, 7) is 5.71. The minimum Gasteiger partial charge on any atom is -0.351 e. The van der Waals surface area contributed by atoms with Crippen molar-refractivity contribution >= 4 is 31.7 Å². The SMILES string of the molecule is CCCNC(=O)c1ccc(S(=O)(=O)C(C)C)c(Br)n1. The van der Waals surface area contributed by atoms with Crippen molar-refractivity contribution in [3.05, 3.63) is 22.4 Å². The van der Waals surface area contributed by atoms with Crippen LogP contribution >= 0.6 is 15.9 Å². The lowest BCUT2D eigenvalue weighted by atomic mass is 10.3. The van der Waals surface area contributed by atoms with Gasteiger partial charge >= 0.3 is 0 Å². The third-order valence-electron chi connectivity index (χ3n) is 2.51. The molecule has 106 valence electrons. The Hall–Kier alpha value is -0.950. The van der Waals surface area contributed by atoms with Crippen LogP contribution in [0.4, 0.5) is 0 Å². The average molecular weight is 349 g/mol. The molecule has 0 saturated carbocycles. The topological polar surface area (TPSA) is 76.1 Å². The first-order valence-corrected chi connectivity index (χ1v) is 8.33. The van der Waals surface area contributed by atoms with Gasteiger partial charge in [0.15, 0.2) is 9.84 Å². The van der Waals surface area contributed by atoms with E-state index >= 15 is 0 Å². The number of carbonyl (C=O) groups is 1. The highest BCUT2D eigenvalue weighted by Crippen LogP contribution is 2.23. The molecule has 7 heteroatoms. The summed E-state index contributed by atoms with van der Waals surface area (Å²) in [6.07, 6.45) is 0.826. The Labute approximate surface area is 121 Å². The number of amides is 1. The van der Waals surface area contributed by atoms with E-state index in [1.807, 2.05) is 6.92 Å². The van der Waals surface area contributed by atoms with Crippen LogP contribution in [-0.4, -0.2) is 31.1 Å². The number of hydrogen-bond acceptors (Lipinski definition) is 4. The zero-order chi connectivity index (χ0) is 14.6. The molecule has 0 fully saturated rings. The number of aromatic nitrogens is 1. The number of carbonyl (C=O) groups excluding carboxylic acids is 1. The quantitative estimate of drug-likeness (QED) is 0.827. The van der Waals surface area contributed by atoms with E-state index in [-0.39, 0.29) is 21.1 Å². The number of sulfone groups is 1. The van der Waals surface area contributed by atoms with Crippen molar-refractivity contribution < 1.29 is 13.2 Å². The first-order chi connectivity index (χ1) is 8.80. The Morgan fingerprint density at radius 3 is 2.53 bits per heavy atom. The normalized spacial score (nSPS) is 11.6. The minimum atomic E-state index is -3.41. The van der Waals surface area contributed by atoms with Gasteiger partial charge in [0.25, 0.3) is 5.91 Å². The highest BCUT2D eigenvalue weighted by molar-refractivity contribution is 9.10. The summed E-state index contributed by atoms with van der Waals surface area (Å²) in [7, 11) is -3.41. The Bertz CT molecular complexity index is 570. The van der Waals surface area contributed by atoms with Gasteiger partial charge in [0.2, 0.25) is 0 Å². The molecule has 1 N–H and O–H groups in total. The first kappa shape index (κ1) is 16.1. The summed E-state index contributed by atoms with van der Waals surface area (Å²) in [6, 6.07) is 2.83. The minimum absolute atomic E-state index is 0.106. The van der Waals surface area contributed by atoms with E-state index in [0.717, 1.165) is 6.42 Å². The van der Waals surface area contributed by atoms with Gasteiger partial charge in [-0.05, 0) is 48.3 Å². The van der Waals surface area contributed by atoms with Gasteiger partial charge in [0, 0.05) is 6.54 Å². The molecule has 1 rings (SSSR count). The van der Waals surface area contributed by atoms with E-state index in [1.54, 1.807) is 13.8 Å². The molecule has 0 spiro atoms. The van der Waals surface area contributed by atoms with E-state index in [0.29, 0.717) is 6.54 Å². The molecule has 0 aliphatic rings. The summed E-state index contributed by atoms with van der Waals surface area (Å²) >= 11 is 3.12. The maximum Gasteiger partial charge on any atom is 0.269 e. The van der Waals surface area contributed by atoms with E-state index in [4.69, 9.17) is 0 Å². The van der Waals surface area contributed by atoms with E-state index in [1.165, 1.54) is 12.1 Å². The molecule has 1 aromatic rings. The highest BCUT2D eigenvalue weighted by atomic mass is 79.9. The molecule has 19 heavy (non-hydrogen) atoms. The molecule has 0 bridgehead atoms. The zero-order valence-electron chi connectivity index (χ0n) is 11.1. The molecule has 0 aromatic carbocycles. The van der Waals surface area contributed by atoms with Crippen LogP contribution in [0, 0.1) is 0 Å². The number of pyridine rings is 1. The van der Waals surface area contributed by atoms with Crippen LogP contribution in [0.25, 0.3) is 0 Å². The van der Waals surface area contributed by atoms with Crippen molar-refractivity contribution in [3.63, 3.8) is 0 Å². The second-order valence-corrected chi connectivity index (χ2v) is 7.56. The molecule has 1 amide bonds. The highest BCUT2D eigenvalue weighted by Gasteiger charge is 2.23. The molecule has 0 unspecified atom stereocenters. The van der Waals surface area contributed by atoms with Gasteiger partial charge in [-0.3, -0.25) is 4.79 Å². The van der Waals surface area contributed by atoms with Gasteiger partial charge in [-0.2, -0.15) is 0 Å². The zero-order valence-corrected chi connectivity index (χ0v) is 13.5. The maximum atomic E-state index is 12.0. The van der Waals surface area contributed by atoms with Gasteiger partial charge in [0.05, 0.1) is 10.1 Å². The van der Waals surface area contributed by atoms with Gasteiger partial charge in [-0.15, -0.1) is 0 Å². The van der Waals surface area contributed by atoms with Crippen LogP contribution < -0.4 is 5.32 Å². The molecule has 0 saturated heterocycles. The molecule has 0 radical (unpaired) electrons. The van der Waals surface area contributed by atoms with Crippen LogP contribution in [0.5, 0.6) is 0 Å². The molecule has 1 heterocycles. The fourth-order valence-corrected chi connectivity index (χ4v) is 3.39. The molecule has 5 nitrogen and oxygen atoms in total. The summed E-state index contributed by atoms with van der Waals surface area (Å²) in [5.74, 6) is -0.309. The first-order valence-electron chi connectivity index (χ1n) is 5.99. The van der Waals surface area contributed by atoms with Crippen LogP contribution in [-0.2, 0) is 9.84 Å². The number of halogens is 1. The number of hydrogen-bond donors (Lipinski definition) is 1. The van der Waals surface area contributed by atoms with Gasteiger partial charge in [0.1, 0.15) is 10.3 Å². The standard InChI is InChI=1S/C12H17BrN2O3S/c1-4-7-14-12(16)9-5-6-10(11(13)15-9)19(17,18)8(2)3/h5-6,8H,4,7H2,1-3H3,(H,14,16). The van der Waals surface area contributed by atoms with Crippen molar-refractivity contribution in [2.24, 2.45) is 0 Å². The second kappa shape index (κ2) is 6.47. The molecule has 0 aliphatic carbocycles. The monoisotopic (exact) mass is 348 g/mol. The number of nitrogens with one attached hydrogen (secondary N) is 1. The average Bonchev–Trinajstić information content (AvgIpc) is 2.35. The Morgan fingerprint density at radius 2 is 2.05 bits per heavy atom. The molecule has 1 aromatic heterocycles. The van der Waals surface area contributed by atoms with Crippen LogP contribution in [0.2, 0.25) is 0 Å². The smallest absolute Gasteiger partial charge is 0.269 e. The lowest BCUT2D eigenvalue weighted by molar-refractivity contribution is 0.0948. The van der Waals surface area contributed by atoms with Crippen LogP contribution in [0.3, 0.4) is 0 Å². The Balaban J connectivity index is 3.08. The third kappa shape index (κ3) is 3.76. The molecular weight excluding hydrogens is 332 g/mol. The van der Waals surface area contributed by atoms with Crippen molar-refractivity contribution in [2.45, 2.75) is 37.3 Å². The lowest BCUT2D eigenvalue weighted by Gasteiger charge is -2.10. The lowest BCUT2D eigenvalue weighted by Crippen LogP contribution is -2.25. The molecular formula is C12H17BrN2O3S. The predicted molar refractivity (Wildman–Crippen MR) is 76.9 cm³/mol. The summed E-state index contributed by atoms with van der Waals surface area (Å²) in [5.41, 5.74) is 0.197. The van der Waals surface area contributed by atoms with Crippen molar-refractivity contribution in [2.75, 3.05) is 6.54 Å². The van der Waals surface area contributed by atoms with E-state index in [2.05, 4.69) is 26.2 Å². The van der Waals surface area contributed by atoms with Gasteiger partial charge < -0.3 is 5.32 Å². The van der Waals surface area contributed by atoms with Gasteiger partial charge in [-0.1, -0.05) is 6.92 Å². The number of rotatable bonds is 5. The third-order valence-corrected chi connectivity index (χ3v) is 5.56. The fourth-order valence-electron chi connectivity index (χ4n) is 1.34. The van der Waals surface area contributed by atoms with Crippen molar-refractivity contribution in [1.29, 1.82) is 0 Å². The molecule has 0 atom stereocenters. The van der Waals surface area contributed by atoms with Crippen LogP contribution in [0.15, 0.2) is 21.6 Å². The van der Waals surface area contributed by atoms with E-state index in [9.17, 15) is 13.2 Å².